The molecule has 0 saturated heterocycles. The van der Waals surface area contributed by atoms with Crippen LogP contribution in [-0.2, 0) is 21.2 Å². The van der Waals surface area contributed by atoms with Gasteiger partial charge in [0.25, 0.3) is 5.91 Å². The van der Waals surface area contributed by atoms with Crippen LogP contribution in [0, 0.1) is 13.8 Å². The van der Waals surface area contributed by atoms with Crippen molar-refractivity contribution >= 4 is 60.7 Å². The summed E-state index contributed by atoms with van der Waals surface area (Å²) in [5, 5.41) is 0.436. The number of carbonyl (C=O) groups excluding carboxylic acids is 1. The standard InChI is InChI=1S/C20H21ClN2O3S3/c1-13-10-14(2)19-17(11-13)23(8-9-27-3)20(28-19)22-18(24)12-29(25,26)16-6-4-15(21)5-7-16/h4-7,10-11H,8-9,12H2,1-3H3. The molecule has 0 aliphatic carbocycles. The summed E-state index contributed by atoms with van der Waals surface area (Å²) in [7, 11) is -3.78. The Bertz CT molecular complexity index is 1230. The molecule has 0 atom stereocenters. The number of benzene rings is 2. The minimum absolute atomic E-state index is 0.0588. The molecule has 9 heteroatoms. The van der Waals surface area contributed by atoms with Crippen LogP contribution in [0.5, 0.6) is 0 Å². The monoisotopic (exact) mass is 468 g/mol. The van der Waals surface area contributed by atoms with Gasteiger partial charge < -0.3 is 4.57 Å². The van der Waals surface area contributed by atoms with Crippen LogP contribution in [0.4, 0.5) is 0 Å². The molecule has 0 N–H and O–H groups in total. The van der Waals surface area contributed by atoms with Crippen LogP contribution in [-0.4, -0.2) is 36.7 Å². The maximum absolute atomic E-state index is 12.5. The topological polar surface area (TPSA) is 68.5 Å². The fourth-order valence-corrected chi connectivity index (χ4v) is 5.74. The fraction of sp³-hybridized carbons (Fsp3) is 0.300. The van der Waals surface area contributed by atoms with Crippen LogP contribution in [0.2, 0.25) is 5.02 Å². The first-order valence-electron chi connectivity index (χ1n) is 8.86. The highest BCUT2D eigenvalue weighted by molar-refractivity contribution is 7.98. The number of hydrogen-bond acceptors (Lipinski definition) is 5. The number of halogens is 1. The third-order valence-corrected chi connectivity index (χ3v) is 8.03. The van der Waals surface area contributed by atoms with Crippen LogP contribution in [0.15, 0.2) is 46.3 Å². The number of thiazole rings is 1. The molecular weight excluding hydrogens is 448 g/mol. The second-order valence-electron chi connectivity index (χ2n) is 6.68. The molecule has 0 saturated carbocycles. The lowest BCUT2D eigenvalue weighted by Crippen LogP contribution is -2.21. The van der Waals surface area contributed by atoms with E-state index in [0.29, 0.717) is 16.4 Å². The SMILES string of the molecule is CSCCn1c(=NC(=O)CS(=O)(=O)c2ccc(Cl)cc2)sc2c(C)cc(C)cc21. The van der Waals surface area contributed by atoms with Crippen LogP contribution < -0.4 is 4.80 Å². The fourth-order valence-electron chi connectivity index (χ4n) is 3.02. The van der Waals surface area contributed by atoms with E-state index in [2.05, 4.69) is 17.1 Å². The van der Waals surface area contributed by atoms with E-state index in [1.54, 1.807) is 11.8 Å². The molecule has 0 unspecified atom stereocenters. The Morgan fingerprint density at radius 1 is 1.21 bits per heavy atom. The first kappa shape index (κ1) is 22.1. The van der Waals surface area contributed by atoms with Gasteiger partial charge in [0.2, 0.25) is 0 Å². The number of carbonyl (C=O) groups is 1. The van der Waals surface area contributed by atoms with Gasteiger partial charge >= 0.3 is 0 Å². The molecule has 3 rings (SSSR count). The van der Waals surface area contributed by atoms with Crippen LogP contribution >= 0.6 is 34.7 Å². The lowest BCUT2D eigenvalue weighted by Gasteiger charge is -2.06. The Balaban J connectivity index is 2.01. The Kier molecular flexibility index (Phi) is 6.88. The Morgan fingerprint density at radius 3 is 2.55 bits per heavy atom. The maximum atomic E-state index is 12.5. The summed E-state index contributed by atoms with van der Waals surface area (Å²) in [5.41, 5.74) is 3.27. The average molecular weight is 469 g/mol. The predicted molar refractivity (Wildman–Crippen MR) is 122 cm³/mol. The van der Waals surface area contributed by atoms with E-state index < -0.39 is 21.5 Å². The molecular formula is C20H21ClN2O3S3. The minimum Gasteiger partial charge on any atom is -0.315 e. The smallest absolute Gasteiger partial charge is 0.263 e. The van der Waals surface area contributed by atoms with Gasteiger partial charge in [-0.05, 0) is 61.6 Å². The van der Waals surface area contributed by atoms with Gasteiger partial charge in [0, 0.05) is 17.3 Å². The number of rotatable bonds is 6. The number of fused-ring (bicyclic) bond motifs is 1. The van der Waals surface area contributed by atoms with Gasteiger partial charge in [0.05, 0.1) is 15.1 Å². The molecule has 1 amide bonds. The second-order valence-corrected chi connectivity index (χ2v) is 11.1. The highest BCUT2D eigenvalue weighted by Crippen LogP contribution is 2.24. The van der Waals surface area contributed by atoms with Crippen molar-refractivity contribution in [2.75, 3.05) is 17.8 Å². The van der Waals surface area contributed by atoms with Crippen LogP contribution in [0.3, 0.4) is 0 Å². The van der Waals surface area contributed by atoms with Crippen molar-refractivity contribution in [3.63, 3.8) is 0 Å². The first-order chi connectivity index (χ1) is 13.7. The number of aromatic nitrogens is 1. The second kappa shape index (κ2) is 9.04. The number of sulfone groups is 1. The van der Waals surface area contributed by atoms with Crippen molar-refractivity contribution in [1.82, 2.24) is 4.57 Å². The molecule has 1 heterocycles. The quantitative estimate of drug-likeness (QED) is 0.542. The zero-order valence-electron chi connectivity index (χ0n) is 16.3. The average Bonchev–Trinajstić information content (AvgIpc) is 2.97. The van der Waals surface area contributed by atoms with E-state index in [0.717, 1.165) is 27.1 Å². The minimum atomic E-state index is -3.78. The molecule has 0 bridgehead atoms. The number of hydrogen-bond donors (Lipinski definition) is 0. The molecule has 0 aliphatic rings. The summed E-state index contributed by atoms with van der Waals surface area (Å²) in [5.74, 6) is -0.494. The summed E-state index contributed by atoms with van der Waals surface area (Å²) in [6.45, 7) is 4.76. The molecule has 0 fully saturated rings. The highest BCUT2D eigenvalue weighted by atomic mass is 35.5. The molecule has 5 nitrogen and oxygen atoms in total. The number of thioether (sulfide) groups is 1. The molecule has 2 aromatic carbocycles. The summed E-state index contributed by atoms with van der Waals surface area (Å²) < 4.78 is 28.1. The summed E-state index contributed by atoms with van der Waals surface area (Å²) in [6.07, 6.45) is 2.02. The molecule has 3 aromatic rings. The highest BCUT2D eigenvalue weighted by Gasteiger charge is 2.20. The van der Waals surface area contributed by atoms with E-state index >= 15 is 0 Å². The Hall–Kier alpha value is -1.61. The zero-order chi connectivity index (χ0) is 21.2. The van der Waals surface area contributed by atoms with Crippen molar-refractivity contribution in [3.8, 4) is 0 Å². The maximum Gasteiger partial charge on any atom is 0.263 e. The van der Waals surface area contributed by atoms with Crippen molar-refractivity contribution < 1.29 is 13.2 Å². The number of amides is 1. The molecule has 1 aromatic heterocycles. The molecule has 0 aliphatic heterocycles. The summed E-state index contributed by atoms with van der Waals surface area (Å²) >= 11 is 8.93. The summed E-state index contributed by atoms with van der Waals surface area (Å²) in [6, 6.07) is 9.94. The third kappa shape index (κ3) is 5.12. The lowest BCUT2D eigenvalue weighted by atomic mass is 10.1. The van der Waals surface area contributed by atoms with Gasteiger partial charge in [-0.3, -0.25) is 4.79 Å². The van der Waals surface area contributed by atoms with Crippen molar-refractivity contribution in [2.24, 2.45) is 4.99 Å². The normalized spacial score (nSPS) is 12.6. The van der Waals surface area contributed by atoms with Gasteiger partial charge in [-0.1, -0.05) is 29.0 Å². The predicted octanol–water partition coefficient (Wildman–Crippen LogP) is 4.24. The molecule has 0 spiro atoms. The van der Waals surface area contributed by atoms with Gasteiger partial charge in [0.1, 0.15) is 5.75 Å². The summed E-state index contributed by atoms with van der Waals surface area (Å²) in [4.78, 5) is 17.3. The Morgan fingerprint density at radius 2 is 1.90 bits per heavy atom. The van der Waals surface area contributed by atoms with Crippen LogP contribution in [0.25, 0.3) is 10.2 Å². The lowest BCUT2D eigenvalue weighted by molar-refractivity contribution is -0.115. The van der Waals surface area contributed by atoms with Crippen molar-refractivity contribution in [3.05, 3.63) is 57.3 Å². The molecule has 154 valence electrons. The molecule has 29 heavy (non-hydrogen) atoms. The van der Waals surface area contributed by atoms with E-state index in [1.165, 1.54) is 35.6 Å². The van der Waals surface area contributed by atoms with E-state index in [9.17, 15) is 13.2 Å². The van der Waals surface area contributed by atoms with Crippen LogP contribution in [0.1, 0.15) is 11.1 Å². The molecule has 0 radical (unpaired) electrons. The largest absolute Gasteiger partial charge is 0.315 e. The van der Waals surface area contributed by atoms with Crippen molar-refractivity contribution in [2.45, 2.75) is 25.3 Å². The third-order valence-electron chi connectivity index (χ3n) is 4.34. The van der Waals surface area contributed by atoms with Gasteiger partial charge in [-0.15, -0.1) is 0 Å². The van der Waals surface area contributed by atoms with Gasteiger partial charge in [-0.25, -0.2) is 8.42 Å². The van der Waals surface area contributed by atoms with Crippen molar-refractivity contribution in [1.29, 1.82) is 0 Å². The zero-order valence-corrected chi connectivity index (χ0v) is 19.5. The van der Waals surface area contributed by atoms with Gasteiger partial charge in [-0.2, -0.15) is 16.8 Å². The first-order valence-corrected chi connectivity index (χ1v) is 13.1. The van der Waals surface area contributed by atoms with Gasteiger partial charge in [0.15, 0.2) is 14.6 Å². The van der Waals surface area contributed by atoms with E-state index in [-0.39, 0.29) is 4.90 Å². The van der Waals surface area contributed by atoms with E-state index in [4.69, 9.17) is 11.6 Å². The number of nitrogens with zero attached hydrogens (tertiary/aromatic N) is 2. The number of aryl methyl sites for hydroxylation is 3. The Labute approximate surface area is 183 Å². The van der Waals surface area contributed by atoms with E-state index in [1.807, 2.05) is 24.7 Å².